The average Bonchev–Trinajstić information content (AvgIpc) is 2.16. The highest BCUT2D eigenvalue weighted by Crippen LogP contribution is 2.19. The molecule has 0 fully saturated rings. The first-order chi connectivity index (χ1) is 6.24. The van der Waals surface area contributed by atoms with Gasteiger partial charge in [0.15, 0.2) is 0 Å². The fraction of sp³-hybridized carbons (Fsp3) is 0.125. The van der Waals surface area contributed by atoms with Gasteiger partial charge >= 0.3 is 6.09 Å². The van der Waals surface area contributed by atoms with E-state index in [1.807, 2.05) is 24.3 Å². The lowest BCUT2D eigenvalue weighted by atomic mass is 10.3. The normalized spacial score (nSPS) is 9.08. The SMILES string of the molecule is COC(=O)NNc1ccccc1Br. The van der Waals surface area contributed by atoms with Gasteiger partial charge in [-0.15, -0.1) is 0 Å². The summed E-state index contributed by atoms with van der Waals surface area (Å²) in [5.74, 6) is 0. The van der Waals surface area contributed by atoms with Crippen LogP contribution in [0.5, 0.6) is 0 Å². The van der Waals surface area contributed by atoms with E-state index in [9.17, 15) is 4.79 Å². The van der Waals surface area contributed by atoms with Crippen molar-refractivity contribution in [3.8, 4) is 0 Å². The van der Waals surface area contributed by atoms with E-state index in [-0.39, 0.29) is 0 Å². The van der Waals surface area contributed by atoms with Crippen LogP contribution >= 0.6 is 15.9 Å². The lowest BCUT2D eigenvalue weighted by molar-refractivity contribution is 0.173. The molecule has 2 N–H and O–H groups in total. The zero-order valence-corrected chi connectivity index (χ0v) is 8.59. The quantitative estimate of drug-likeness (QED) is 0.784. The summed E-state index contributed by atoms with van der Waals surface area (Å²) in [5, 5.41) is 0. The van der Waals surface area contributed by atoms with E-state index in [0.717, 1.165) is 10.2 Å². The molecule has 0 aliphatic rings. The molecule has 1 rings (SSSR count). The minimum Gasteiger partial charge on any atom is -0.452 e. The van der Waals surface area contributed by atoms with Gasteiger partial charge in [-0.1, -0.05) is 12.1 Å². The van der Waals surface area contributed by atoms with Gasteiger partial charge in [0.2, 0.25) is 0 Å². The summed E-state index contributed by atoms with van der Waals surface area (Å²) in [6, 6.07) is 7.42. The number of hydrogen-bond donors (Lipinski definition) is 2. The summed E-state index contributed by atoms with van der Waals surface area (Å²) in [6.45, 7) is 0. The second-order valence-corrected chi connectivity index (χ2v) is 3.08. The van der Waals surface area contributed by atoms with Crippen LogP contribution in [0, 0.1) is 0 Å². The number of halogens is 1. The van der Waals surface area contributed by atoms with Crippen LogP contribution in [-0.4, -0.2) is 13.2 Å². The Kier molecular flexibility index (Phi) is 3.57. The molecule has 4 nitrogen and oxygen atoms in total. The fourth-order valence-electron chi connectivity index (χ4n) is 0.732. The number of amides is 1. The van der Waals surface area contributed by atoms with Crippen molar-refractivity contribution in [3.63, 3.8) is 0 Å². The molecular weight excluding hydrogens is 236 g/mol. The maximum absolute atomic E-state index is 10.7. The van der Waals surface area contributed by atoms with E-state index in [2.05, 4.69) is 31.5 Å². The van der Waals surface area contributed by atoms with E-state index >= 15 is 0 Å². The smallest absolute Gasteiger partial charge is 0.425 e. The highest BCUT2D eigenvalue weighted by molar-refractivity contribution is 9.10. The number of para-hydroxylation sites is 1. The van der Waals surface area contributed by atoms with E-state index in [4.69, 9.17) is 0 Å². The zero-order chi connectivity index (χ0) is 9.68. The maximum atomic E-state index is 10.7. The first-order valence-electron chi connectivity index (χ1n) is 3.58. The van der Waals surface area contributed by atoms with Crippen molar-refractivity contribution in [1.82, 2.24) is 5.43 Å². The van der Waals surface area contributed by atoms with Crippen molar-refractivity contribution in [2.75, 3.05) is 12.5 Å². The maximum Gasteiger partial charge on any atom is 0.425 e. The summed E-state index contributed by atoms with van der Waals surface area (Å²) >= 11 is 3.31. The van der Waals surface area contributed by atoms with Crippen molar-refractivity contribution in [3.05, 3.63) is 28.7 Å². The Labute approximate surface area is 84.4 Å². The number of carbonyl (C=O) groups is 1. The van der Waals surface area contributed by atoms with E-state index < -0.39 is 6.09 Å². The van der Waals surface area contributed by atoms with Gasteiger partial charge < -0.3 is 4.74 Å². The molecule has 1 aromatic rings. The number of nitrogens with one attached hydrogen (secondary N) is 2. The Morgan fingerprint density at radius 2 is 2.15 bits per heavy atom. The summed E-state index contributed by atoms with van der Waals surface area (Å²) in [6.07, 6.45) is -0.532. The minimum atomic E-state index is -0.532. The summed E-state index contributed by atoms with van der Waals surface area (Å²) in [7, 11) is 1.30. The fourth-order valence-corrected chi connectivity index (χ4v) is 1.12. The lowest BCUT2D eigenvalue weighted by Gasteiger charge is -2.08. The molecule has 0 aliphatic carbocycles. The number of hydrazine groups is 1. The van der Waals surface area contributed by atoms with Crippen molar-refractivity contribution < 1.29 is 9.53 Å². The van der Waals surface area contributed by atoms with E-state index in [1.165, 1.54) is 7.11 Å². The predicted octanol–water partition coefficient (Wildman–Crippen LogP) is 2.13. The number of hydrogen-bond acceptors (Lipinski definition) is 3. The number of ether oxygens (including phenoxy) is 1. The van der Waals surface area contributed by atoms with Crippen molar-refractivity contribution in [1.29, 1.82) is 0 Å². The second kappa shape index (κ2) is 4.71. The standard InChI is InChI=1S/C8H9BrN2O2/c1-13-8(12)11-10-7-5-3-2-4-6(7)9/h2-5,10H,1H3,(H,11,12). The Morgan fingerprint density at radius 1 is 1.46 bits per heavy atom. The molecule has 5 heteroatoms. The number of methoxy groups -OCH3 is 1. The van der Waals surface area contributed by atoms with Crippen LogP contribution in [0.2, 0.25) is 0 Å². The van der Waals surface area contributed by atoms with Crippen molar-refractivity contribution >= 4 is 27.7 Å². The molecule has 70 valence electrons. The first kappa shape index (κ1) is 9.85. The molecule has 0 unspecified atom stereocenters. The molecule has 13 heavy (non-hydrogen) atoms. The molecule has 0 atom stereocenters. The summed E-state index contributed by atoms with van der Waals surface area (Å²) in [4.78, 5) is 10.7. The predicted molar refractivity (Wildman–Crippen MR) is 53.3 cm³/mol. The molecule has 0 spiro atoms. The molecule has 1 aromatic carbocycles. The molecule has 0 heterocycles. The van der Waals surface area contributed by atoms with Crippen LogP contribution in [0.25, 0.3) is 0 Å². The highest BCUT2D eigenvalue weighted by atomic mass is 79.9. The van der Waals surface area contributed by atoms with Gasteiger partial charge in [0, 0.05) is 4.47 Å². The summed E-state index contributed by atoms with van der Waals surface area (Å²) in [5.41, 5.74) is 5.81. The highest BCUT2D eigenvalue weighted by Gasteiger charge is 1.99. The largest absolute Gasteiger partial charge is 0.452 e. The molecular formula is C8H9BrN2O2. The van der Waals surface area contributed by atoms with E-state index in [0.29, 0.717) is 0 Å². The van der Waals surface area contributed by atoms with Gasteiger partial charge in [0.1, 0.15) is 0 Å². The monoisotopic (exact) mass is 244 g/mol. The number of carbonyl (C=O) groups excluding carboxylic acids is 1. The first-order valence-corrected chi connectivity index (χ1v) is 4.38. The van der Waals surface area contributed by atoms with Gasteiger partial charge in [-0.05, 0) is 28.1 Å². The second-order valence-electron chi connectivity index (χ2n) is 2.22. The molecule has 0 aromatic heterocycles. The van der Waals surface area contributed by atoms with Crippen LogP contribution in [-0.2, 0) is 4.74 Å². The number of anilines is 1. The Morgan fingerprint density at radius 3 is 2.77 bits per heavy atom. The number of benzene rings is 1. The number of rotatable bonds is 2. The summed E-state index contributed by atoms with van der Waals surface area (Å²) < 4.78 is 5.25. The molecule has 0 bridgehead atoms. The third kappa shape index (κ3) is 2.95. The molecule has 0 radical (unpaired) electrons. The van der Waals surface area contributed by atoms with Crippen LogP contribution in [0.3, 0.4) is 0 Å². The van der Waals surface area contributed by atoms with E-state index in [1.54, 1.807) is 0 Å². The molecule has 0 aliphatic heterocycles. The van der Waals surface area contributed by atoms with Gasteiger partial charge in [0.05, 0.1) is 12.8 Å². The van der Waals surface area contributed by atoms with Crippen molar-refractivity contribution in [2.45, 2.75) is 0 Å². The Bertz CT molecular complexity index is 304. The van der Waals surface area contributed by atoms with Crippen LogP contribution in [0.1, 0.15) is 0 Å². The average molecular weight is 245 g/mol. The van der Waals surface area contributed by atoms with Gasteiger partial charge in [-0.2, -0.15) is 0 Å². The molecule has 0 saturated heterocycles. The van der Waals surface area contributed by atoms with Crippen LogP contribution in [0.15, 0.2) is 28.7 Å². The Balaban J connectivity index is 2.54. The van der Waals surface area contributed by atoms with Gasteiger partial charge in [0.25, 0.3) is 0 Å². The van der Waals surface area contributed by atoms with Crippen molar-refractivity contribution in [2.24, 2.45) is 0 Å². The molecule has 1 amide bonds. The van der Waals surface area contributed by atoms with Gasteiger partial charge in [-0.3, -0.25) is 5.43 Å². The van der Waals surface area contributed by atoms with Crippen LogP contribution in [0.4, 0.5) is 10.5 Å². The third-order valence-electron chi connectivity index (χ3n) is 1.36. The van der Waals surface area contributed by atoms with Gasteiger partial charge in [-0.25, -0.2) is 10.2 Å². The minimum absolute atomic E-state index is 0.532. The topological polar surface area (TPSA) is 50.4 Å². The molecule has 0 saturated carbocycles. The third-order valence-corrected chi connectivity index (χ3v) is 2.05. The van der Waals surface area contributed by atoms with Crippen LogP contribution < -0.4 is 10.9 Å². The lowest BCUT2D eigenvalue weighted by Crippen LogP contribution is -2.29. The Hall–Kier alpha value is -1.23. The zero-order valence-electron chi connectivity index (χ0n) is 7.00.